The molecule has 1 aromatic heterocycles. The third kappa shape index (κ3) is 2.72. The molecule has 0 atom stereocenters. The van der Waals surface area contributed by atoms with Gasteiger partial charge < -0.3 is 10.3 Å². The fourth-order valence-corrected chi connectivity index (χ4v) is 2.46. The summed E-state index contributed by atoms with van der Waals surface area (Å²) < 4.78 is 5.34. The quantitative estimate of drug-likeness (QED) is 0.944. The fourth-order valence-electron chi connectivity index (χ4n) is 2.46. The minimum Gasteiger partial charge on any atom is -0.339 e. The number of aromatic nitrogens is 2. The summed E-state index contributed by atoms with van der Waals surface area (Å²) in [4.78, 5) is 4.47. The molecule has 1 saturated carbocycles. The van der Waals surface area contributed by atoms with Crippen molar-refractivity contribution in [3.05, 3.63) is 46.6 Å². The topological polar surface area (TPSA) is 64.9 Å². The van der Waals surface area contributed by atoms with E-state index in [0.717, 1.165) is 19.3 Å². The van der Waals surface area contributed by atoms with Crippen molar-refractivity contribution in [1.82, 2.24) is 10.1 Å². The van der Waals surface area contributed by atoms with Crippen LogP contribution in [0.25, 0.3) is 0 Å². The van der Waals surface area contributed by atoms with Gasteiger partial charge in [0.2, 0.25) is 5.89 Å². The van der Waals surface area contributed by atoms with E-state index in [0.29, 0.717) is 18.1 Å². The van der Waals surface area contributed by atoms with Crippen LogP contribution < -0.4 is 5.73 Å². The van der Waals surface area contributed by atoms with Crippen molar-refractivity contribution in [3.63, 3.8) is 0 Å². The number of nitrogens with two attached hydrogens (primary N) is 1. The zero-order valence-electron chi connectivity index (χ0n) is 11.8. The van der Waals surface area contributed by atoms with Crippen LogP contribution in [0.5, 0.6) is 0 Å². The number of benzene rings is 1. The van der Waals surface area contributed by atoms with Gasteiger partial charge in [-0.1, -0.05) is 28.9 Å². The molecule has 0 aliphatic heterocycles. The summed E-state index contributed by atoms with van der Waals surface area (Å²) >= 11 is 0. The highest BCUT2D eigenvalue weighted by atomic mass is 35.5. The SMILES string of the molecule is Cc1ccc(C)c(Cc2nc(C3(N)CCC3)no2)c1.Cl. The molecule has 4 nitrogen and oxygen atoms in total. The van der Waals surface area contributed by atoms with Gasteiger partial charge in [-0.15, -0.1) is 12.4 Å². The van der Waals surface area contributed by atoms with Crippen molar-refractivity contribution < 1.29 is 4.52 Å². The van der Waals surface area contributed by atoms with Gasteiger partial charge in [0.05, 0.1) is 12.0 Å². The van der Waals surface area contributed by atoms with Crippen LogP contribution in [0.4, 0.5) is 0 Å². The Kier molecular flexibility index (Phi) is 4.16. The number of hydrogen-bond donors (Lipinski definition) is 1. The monoisotopic (exact) mass is 293 g/mol. The van der Waals surface area contributed by atoms with E-state index in [1.165, 1.54) is 16.7 Å². The summed E-state index contributed by atoms with van der Waals surface area (Å²) in [5.41, 5.74) is 9.58. The van der Waals surface area contributed by atoms with E-state index >= 15 is 0 Å². The van der Waals surface area contributed by atoms with Gasteiger partial charge in [-0.2, -0.15) is 4.98 Å². The normalized spacial score (nSPS) is 16.4. The zero-order valence-corrected chi connectivity index (χ0v) is 12.7. The molecule has 2 N–H and O–H groups in total. The maximum atomic E-state index is 6.20. The van der Waals surface area contributed by atoms with Gasteiger partial charge in [-0.25, -0.2) is 0 Å². The molecular formula is C15H20ClN3O. The Morgan fingerprint density at radius 2 is 2.05 bits per heavy atom. The molecule has 0 bridgehead atoms. The lowest BCUT2D eigenvalue weighted by atomic mass is 9.77. The summed E-state index contributed by atoms with van der Waals surface area (Å²) in [6.45, 7) is 4.19. The predicted molar refractivity (Wildman–Crippen MR) is 80.0 cm³/mol. The first-order valence-electron chi connectivity index (χ1n) is 6.75. The summed E-state index contributed by atoms with van der Waals surface area (Å²) in [6, 6.07) is 6.40. The van der Waals surface area contributed by atoms with Crippen LogP contribution in [-0.2, 0) is 12.0 Å². The van der Waals surface area contributed by atoms with Crippen LogP contribution in [0.3, 0.4) is 0 Å². The standard InChI is InChI=1S/C15H19N3O.ClH/c1-10-4-5-11(2)12(8-10)9-13-17-14(18-19-13)15(16)6-3-7-15;/h4-5,8H,3,6-7,9,16H2,1-2H3;1H. The summed E-state index contributed by atoms with van der Waals surface area (Å²) in [7, 11) is 0. The maximum absolute atomic E-state index is 6.20. The summed E-state index contributed by atoms with van der Waals surface area (Å²) in [6.07, 6.45) is 3.73. The maximum Gasteiger partial charge on any atom is 0.231 e. The van der Waals surface area contributed by atoms with E-state index in [-0.39, 0.29) is 17.9 Å². The Morgan fingerprint density at radius 3 is 2.70 bits per heavy atom. The molecule has 0 radical (unpaired) electrons. The lowest BCUT2D eigenvalue weighted by Crippen LogP contribution is -2.44. The number of hydrogen-bond acceptors (Lipinski definition) is 4. The van der Waals surface area contributed by atoms with Crippen molar-refractivity contribution in [3.8, 4) is 0 Å². The first kappa shape index (κ1) is 15.0. The highest BCUT2D eigenvalue weighted by molar-refractivity contribution is 5.85. The molecule has 108 valence electrons. The average molecular weight is 294 g/mol. The first-order chi connectivity index (χ1) is 9.07. The van der Waals surface area contributed by atoms with Crippen LogP contribution in [0, 0.1) is 13.8 Å². The molecule has 0 saturated heterocycles. The third-order valence-electron chi connectivity index (χ3n) is 4.01. The second-order valence-electron chi connectivity index (χ2n) is 5.63. The van der Waals surface area contributed by atoms with E-state index in [2.05, 4.69) is 42.2 Å². The molecule has 3 rings (SSSR count). The molecule has 0 amide bonds. The minimum atomic E-state index is -0.344. The fraction of sp³-hybridized carbons (Fsp3) is 0.467. The Balaban J connectivity index is 0.00000147. The van der Waals surface area contributed by atoms with Gasteiger partial charge in [-0.05, 0) is 44.2 Å². The molecule has 2 aromatic rings. The Morgan fingerprint density at radius 1 is 1.30 bits per heavy atom. The van der Waals surface area contributed by atoms with E-state index in [9.17, 15) is 0 Å². The Hall–Kier alpha value is -1.39. The molecule has 0 unspecified atom stereocenters. The molecule has 1 aliphatic rings. The Bertz CT molecular complexity index is 605. The first-order valence-corrected chi connectivity index (χ1v) is 6.75. The van der Waals surface area contributed by atoms with Crippen LogP contribution in [0.1, 0.15) is 47.7 Å². The van der Waals surface area contributed by atoms with Gasteiger partial charge in [-0.3, -0.25) is 0 Å². The molecule has 0 spiro atoms. The molecule has 20 heavy (non-hydrogen) atoms. The predicted octanol–water partition coefficient (Wildman–Crippen LogP) is 3.04. The van der Waals surface area contributed by atoms with Gasteiger partial charge in [0.25, 0.3) is 0 Å². The van der Waals surface area contributed by atoms with Crippen molar-refractivity contribution in [1.29, 1.82) is 0 Å². The third-order valence-corrected chi connectivity index (χ3v) is 4.01. The smallest absolute Gasteiger partial charge is 0.231 e. The highest BCUT2D eigenvalue weighted by Gasteiger charge is 2.38. The number of halogens is 1. The zero-order chi connectivity index (χ0) is 13.5. The molecule has 1 aromatic carbocycles. The number of aryl methyl sites for hydroxylation is 2. The van der Waals surface area contributed by atoms with Crippen LogP contribution in [0.15, 0.2) is 22.7 Å². The largest absolute Gasteiger partial charge is 0.339 e. The number of nitrogens with zero attached hydrogens (tertiary/aromatic N) is 2. The minimum absolute atomic E-state index is 0. The van der Waals surface area contributed by atoms with Gasteiger partial charge in [0, 0.05) is 0 Å². The lowest BCUT2D eigenvalue weighted by molar-refractivity contribution is 0.229. The Labute approximate surface area is 125 Å². The summed E-state index contributed by atoms with van der Waals surface area (Å²) in [5.74, 6) is 1.32. The van der Waals surface area contributed by atoms with Crippen molar-refractivity contribution in [2.45, 2.75) is 45.1 Å². The molecule has 1 fully saturated rings. The van der Waals surface area contributed by atoms with Crippen molar-refractivity contribution >= 4 is 12.4 Å². The van der Waals surface area contributed by atoms with E-state index in [1.807, 2.05) is 0 Å². The average Bonchev–Trinajstić information content (AvgIpc) is 2.80. The molecule has 5 heteroatoms. The van der Waals surface area contributed by atoms with Gasteiger partial charge in [0.1, 0.15) is 0 Å². The molecule has 1 heterocycles. The van der Waals surface area contributed by atoms with Crippen molar-refractivity contribution in [2.75, 3.05) is 0 Å². The molecular weight excluding hydrogens is 274 g/mol. The van der Waals surface area contributed by atoms with Crippen LogP contribution in [-0.4, -0.2) is 10.1 Å². The van der Waals surface area contributed by atoms with E-state index in [1.54, 1.807) is 0 Å². The van der Waals surface area contributed by atoms with Crippen molar-refractivity contribution in [2.24, 2.45) is 5.73 Å². The molecule has 1 aliphatic carbocycles. The van der Waals surface area contributed by atoms with E-state index < -0.39 is 0 Å². The van der Waals surface area contributed by atoms with Gasteiger partial charge >= 0.3 is 0 Å². The van der Waals surface area contributed by atoms with Gasteiger partial charge in [0.15, 0.2) is 5.82 Å². The highest BCUT2D eigenvalue weighted by Crippen LogP contribution is 2.36. The second-order valence-corrected chi connectivity index (χ2v) is 5.63. The number of rotatable bonds is 3. The summed E-state index contributed by atoms with van der Waals surface area (Å²) in [5, 5.41) is 4.05. The van der Waals surface area contributed by atoms with Crippen LogP contribution in [0.2, 0.25) is 0 Å². The van der Waals surface area contributed by atoms with Crippen LogP contribution >= 0.6 is 12.4 Å². The second kappa shape index (κ2) is 5.54. The van der Waals surface area contributed by atoms with E-state index in [4.69, 9.17) is 10.3 Å². The lowest BCUT2D eigenvalue weighted by Gasteiger charge is -2.34.